The Morgan fingerprint density at radius 3 is 2.32 bits per heavy atom. The Hall–Kier alpha value is -0.980. The molecule has 6 heteroatoms. The van der Waals surface area contributed by atoms with Gasteiger partial charge >= 0.3 is 0 Å². The molecule has 0 bridgehead atoms. The molecule has 0 atom stereocenters. The lowest BCUT2D eigenvalue weighted by Gasteiger charge is -2.07. The van der Waals surface area contributed by atoms with Crippen LogP contribution in [0.25, 0.3) is 0 Å². The summed E-state index contributed by atoms with van der Waals surface area (Å²) in [6.07, 6.45) is 3.21. The number of hydrogen-bond acceptors (Lipinski definition) is 2. The lowest BCUT2D eigenvalue weighted by molar-refractivity contribution is 0.561. The van der Waals surface area contributed by atoms with E-state index >= 15 is 0 Å². The summed E-state index contributed by atoms with van der Waals surface area (Å²) in [5.74, 6) is -0.237. The maximum atomic E-state index is 12.7. The van der Waals surface area contributed by atoms with Gasteiger partial charge < -0.3 is 0 Å². The van der Waals surface area contributed by atoms with Crippen molar-refractivity contribution in [2.75, 3.05) is 13.1 Å². The predicted octanol–water partition coefficient (Wildman–Crippen LogP) is 1.98. The van der Waals surface area contributed by atoms with Crippen molar-refractivity contribution >= 4 is 10.2 Å². The molecule has 0 heterocycles. The zero-order valence-electron chi connectivity index (χ0n) is 11.2. The van der Waals surface area contributed by atoms with Gasteiger partial charge in [-0.15, -0.1) is 0 Å². The van der Waals surface area contributed by atoms with Crippen molar-refractivity contribution in [3.63, 3.8) is 0 Å². The van der Waals surface area contributed by atoms with Gasteiger partial charge in [0.15, 0.2) is 0 Å². The van der Waals surface area contributed by atoms with Gasteiger partial charge in [0.1, 0.15) is 5.82 Å². The van der Waals surface area contributed by atoms with Crippen molar-refractivity contribution < 1.29 is 12.8 Å². The predicted molar refractivity (Wildman–Crippen MR) is 74.6 cm³/mol. The average molecular weight is 288 g/mol. The summed E-state index contributed by atoms with van der Waals surface area (Å²) < 4.78 is 40.4. The lowest BCUT2D eigenvalue weighted by atomic mass is 10.1. The van der Waals surface area contributed by atoms with Crippen LogP contribution in [0, 0.1) is 5.82 Å². The van der Waals surface area contributed by atoms with E-state index in [2.05, 4.69) is 9.44 Å². The van der Waals surface area contributed by atoms with Crippen molar-refractivity contribution in [1.29, 1.82) is 0 Å². The molecule has 0 aliphatic carbocycles. The highest BCUT2D eigenvalue weighted by Crippen LogP contribution is 2.06. The normalized spacial score (nSPS) is 11.7. The van der Waals surface area contributed by atoms with Crippen LogP contribution in [0.15, 0.2) is 24.3 Å². The van der Waals surface area contributed by atoms with Gasteiger partial charge in [0.05, 0.1) is 0 Å². The zero-order chi connectivity index (χ0) is 14.1. The minimum absolute atomic E-state index is 0.237. The lowest BCUT2D eigenvalue weighted by Crippen LogP contribution is -2.37. The van der Waals surface area contributed by atoms with Gasteiger partial charge in [-0.05, 0) is 43.4 Å². The van der Waals surface area contributed by atoms with Crippen molar-refractivity contribution in [2.24, 2.45) is 0 Å². The molecule has 0 radical (unpaired) electrons. The van der Waals surface area contributed by atoms with Crippen LogP contribution in [-0.2, 0) is 16.6 Å². The summed E-state index contributed by atoms with van der Waals surface area (Å²) in [6.45, 7) is 2.77. The largest absolute Gasteiger partial charge is 0.276 e. The fourth-order valence-corrected chi connectivity index (χ4v) is 2.59. The van der Waals surface area contributed by atoms with E-state index in [0.717, 1.165) is 31.2 Å². The Bertz CT molecular complexity index is 460. The Kier molecular flexibility index (Phi) is 6.97. The van der Waals surface area contributed by atoms with E-state index in [1.165, 1.54) is 12.1 Å². The van der Waals surface area contributed by atoms with E-state index < -0.39 is 10.2 Å². The molecule has 0 fully saturated rings. The quantitative estimate of drug-likeness (QED) is 0.683. The molecule has 0 spiro atoms. The van der Waals surface area contributed by atoms with Crippen molar-refractivity contribution in [3.8, 4) is 0 Å². The Morgan fingerprint density at radius 1 is 1.05 bits per heavy atom. The van der Waals surface area contributed by atoms with Gasteiger partial charge in [-0.1, -0.05) is 19.1 Å². The third kappa shape index (κ3) is 7.25. The molecule has 1 aromatic carbocycles. The minimum atomic E-state index is -3.34. The summed E-state index contributed by atoms with van der Waals surface area (Å²) in [4.78, 5) is 0. The molecule has 4 nitrogen and oxygen atoms in total. The third-order valence-electron chi connectivity index (χ3n) is 2.64. The molecule has 2 N–H and O–H groups in total. The Morgan fingerprint density at radius 2 is 1.68 bits per heavy atom. The third-order valence-corrected chi connectivity index (χ3v) is 3.81. The van der Waals surface area contributed by atoms with E-state index in [9.17, 15) is 12.8 Å². The second-order valence-corrected chi connectivity index (χ2v) is 5.96. The molecule has 0 saturated heterocycles. The van der Waals surface area contributed by atoms with Crippen LogP contribution < -0.4 is 9.44 Å². The molecule has 1 aromatic rings. The fraction of sp³-hybridized carbons (Fsp3) is 0.538. The Labute approximate surface area is 114 Å². The first-order valence-corrected chi connectivity index (χ1v) is 8.00. The fourth-order valence-electron chi connectivity index (χ4n) is 1.60. The van der Waals surface area contributed by atoms with Crippen molar-refractivity contribution in [1.82, 2.24) is 9.44 Å². The van der Waals surface area contributed by atoms with Crippen LogP contribution in [0.1, 0.15) is 31.7 Å². The van der Waals surface area contributed by atoms with Crippen LogP contribution in [-0.4, -0.2) is 21.5 Å². The summed E-state index contributed by atoms with van der Waals surface area (Å²) in [5, 5.41) is 0. The molecule has 0 unspecified atom stereocenters. The molecule has 0 aliphatic rings. The maximum Gasteiger partial charge on any atom is 0.276 e. The first-order valence-electron chi connectivity index (χ1n) is 6.52. The number of rotatable bonds is 9. The van der Waals surface area contributed by atoms with Crippen LogP contribution in [0.3, 0.4) is 0 Å². The van der Waals surface area contributed by atoms with E-state index in [1.54, 1.807) is 12.1 Å². The summed E-state index contributed by atoms with van der Waals surface area (Å²) in [5.41, 5.74) is 1.06. The zero-order valence-corrected chi connectivity index (χ0v) is 12.0. The molecule has 19 heavy (non-hydrogen) atoms. The molecule has 0 aromatic heterocycles. The number of hydrogen-bond donors (Lipinski definition) is 2. The standard InChI is InChI=1S/C13H21FN2O2S/c1-2-10-15-19(17,18)16-11-4-3-5-12-6-8-13(14)9-7-12/h6-9,15-16H,2-5,10-11H2,1H3. The van der Waals surface area contributed by atoms with Crippen LogP contribution in [0.4, 0.5) is 4.39 Å². The highest BCUT2D eigenvalue weighted by molar-refractivity contribution is 7.87. The molecule has 0 saturated carbocycles. The number of unbranched alkanes of at least 4 members (excludes halogenated alkanes) is 1. The monoisotopic (exact) mass is 288 g/mol. The van der Waals surface area contributed by atoms with E-state index in [-0.39, 0.29) is 5.82 Å². The topological polar surface area (TPSA) is 58.2 Å². The van der Waals surface area contributed by atoms with E-state index in [0.29, 0.717) is 13.1 Å². The van der Waals surface area contributed by atoms with E-state index in [1.807, 2.05) is 6.92 Å². The van der Waals surface area contributed by atoms with Crippen molar-refractivity contribution in [3.05, 3.63) is 35.6 Å². The summed E-state index contributed by atoms with van der Waals surface area (Å²) in [6, 6.07) is 6.38. The van der Waals surface area contributed by atoms with Gasteiger partial charge in [0.2, 0.25) is 0 Å². The summed E-state index contributed by atoms with van der Waals surface area (Å²) >= 11 is 0. The first-order chi connectivity index (χ1) is 9.03. The van der Waals surface area contributed by atoms with Crippen molar-refractivity contribution in [2.45, 2.75) is 32.6 Å². The number of aryl methyl sites for hydroxylation is 1. The molecule has 0 amide bonds. The second-order valence-electron chi connectivity index (χ2n) is 4.38. The van der Waals surface area contributed by atoms with Gasteiger partial charge in [0.25, 0.3) is 10.2 Å². The maximum absolute atomic E-state index is 12.7. The van der Waals surface area contributed by atoms with Gasteiger partial charge in [-0.25, -0.2) is 13.8 Å². The summed E-state index contributed by atoms with van der Waals surface area (Å²) in [7, 11) is -3.34. The Balaban J connectivity index is 2.16. The SMILES string of the molecule is CCCNS(=O)(=O)NCCCCc1ccc(F)cc1. The number of nitrogens with one attached hydrogen (secondary N) is 2. The highest BCUT2D eigenvalue weighted by atomic mass is 32.2. The highest BCUT2D eigenvalue weighted by Gasteiger charge is 2.06. The van der Waals surface area contributed by atoms with Crippen LogP contribution >= 0.6 is 0 Å². The van der Waals surface area contributed by atoms with Gasteiger partial charge in [-0.3, -0.25) is 0 Å². The van der Waals surface area contributed by atoms with Crippen LogP contribution in [0.5, 0.6) is 0 Å². The second kappa shape index (κ2) is 8.24. The molecular weight excluding hydrogens is 267 g/mol. The smallest absolute Gasteiger partial charge is 0.207 e. The molecule has 1 rings (SSSR count). The first kappa shape index (κ1) is 16.1. The molecular formula is C13H21FN2O2S. The minimum Gasteiger partial charge on any atom is -0.207 e. The molecule has 108 valence electrons. The van der Waals surface area contributed by atoms with E-state index in [4.69, 9.17) is 0 Å². The van der Waals surface area contributed by atoms with Crippen LogP contribution in [0.2, 0.25) is 0 Å². The average Bonchev–Trinajstić information content (AvgIpc) is 2.38. The van der Waals surface area contributed by atoms with Gasteiger partial charge in [-0.2, -0.15) is 8.42 Å². The number of benzene rings is 1. The molecule has 0 aliphatic heterocycles. The number of halogens is 1. The van der Waals surface area contributed by atoms with Gasteiger partial charge in [0, 0.05) is 13.1 Å².